The van der Waals surface area contributed by atoms with Gasteiger partial charge in [-0.1, -0.05) is 18.2 Å². The molecule has 0 saturated carbocycles. The Morgan fingerprint density at radius 1 is 1.26 bits per heavy atom. The maximum atomic E-state index is 14.3. The van der Waals surface area contributed by atoms with Crippen molar-refractivity contribution in [2.75, 3.05) is 13.5 Å². The molecule has 14 heteroatoms. The Kier molecular flexibility index (Phi) is 7.42. The van der Waals surface area contributed by atoms with Crippen LogP contribution in [0.5, 0.6) is 5.75 Å². The molecule has 1 aromatic heterocycles. The quantitative estimate of drug-likeness (QED) is 0.545. The van der Waals surface area contributed by atoms with Crippen LogP contribution in [0.15, 0.2) is 40.1 Å². The Morgan fingerprint density at radius 2 is 1.97 bits per heavy atom. The van der Waals surface area contributed by atoms with Gasteiger partial charge in [0.25, 0.3) is 11.5 Å². The number of alkyl halides is 4. The summed E-state index contributed by atoms with van der Waals surface area (Å²) in [7, 11) is -1.89. The van der Waals surface area contributed by atoms with Gasteiger partial charge in [0.15, 0.2) is 0 Å². The molecule has 8 nitrogen and oxygen atoms in total. The third-order valence-electron chi connectivity index (χ3n) is 4.28. The van der Waals surface area contributed by atoms with Crippen molar-refractivity contribution in [3.8, 4) is 5.75 Å². The van der Waals surface area contributed by atoms with Crippen LogP contribution in [-0.4, -0.2) is 35.1 Å². The molecule has 3 heterocycles. The van der Waals surface area contributed by atoms with Crippen LogP contribution in [0, 0.1) is 5.82 Å². The van der Waals surface area contributed by atoms with Gasteiger partial charge in [-0.25, -0.2) is 22.4 Å². The van der Waals surface area contributed by atoms with Crippen LogP contribution < -0.4 is 15.8 Å². The highest BCUT2D eigenvalue weighted by atomic mass is 31.2. The summed E-state index contributed by atoms with van der Waals surface area (Å²) in [5.41, 5.74) is -1.47. The number of H-pyrrole nitrogens is 1. The monoisotopic (exact) mass is 470 g/mol. The Bertz CT molecular complexity index is 1020. The van der Waals surface area contributed by atoms with Crippen molar-refractivity contribution < 1.29 is 40.3 Å². The first-order valence-corrected chi connectivity index (χ1v) is 9.82. The summed E-state index contributed by atoms with van der Waals surface area (Å²) in [6.45, 7) is -2.09. The Morgan fingerprint density at radius 3 is 2.71 bits per heavy atom. The van der Waals surface area contributed by atoms with Crippen LogP contribution in [0.1, 0.15) is 18.2 Å². The van der Waals surface area contributed by atoms with Gasteiger partial charge in [0, 0.05) is 5.56 Å². The number of benzene rings is 1. The second-order valence-corrected chi connectivity index (χ2v) is 7.43. The van der Waals surface area contributed by atoms with E-state index in [0.29, 0.717) is 16.5 Å². The number of fused-ring (bicyclic) bond motifs is 1. The number of para-hydroxylation sites is 1. The Balaban J connectivity index is 0.000000858. The van der Waals surface area contributed by atoms with Crippen molar-refractivity contribution in [2.24, 2.45) is 0 Å². The maximum absolute atomic E-state index is 14.3. The highest BCUT2D eigenvalue weighted by molar-refractivity contribution is 7.42. The molecule has 3 unspecified atom stereocenters. The van der Waals surface area contributed by atoms with Crippen LogP contribution in [0.4, 0.5) is 22.0 Å². The van der Waals surface area contributed by atoms with Crippen molar-refractivity contribution >= 4 is 8.60 Å². The molecule has 0 spiro atoms. The van der Waals surface area contributed by atoms with Crippen molar-refractivity contribution in [2.45, 2.75) is 31.3 Å². The molecule has 2 aliphatic heterocycles. The minimum absolute atomic E-state index is 0.221. The Hall–Kier alpha value is -2.34. The molecule has 3 atom stereocenters. The van der Waals surface area contributed by atoms with E-state index in [1.54, 1.807) is 17.1 Å². The van der Waals surface area contributed by atoms with Gasteiger partial charge in [0.2, 0.25) is 12.7 Å². The minimum Gasteiger partial charge on any atom is -0.426 e. The molecule has 1 N–H and O–H groups in total. The summed E-state index contributed by atoms with van der Waals surface area (Å²) in [6.07, 6.45) is -3.50. The first kappa shape index (κ1) is 23.3. The van der Waals surface area contributed by atoms with Crippen LogP contribution in [-0.2, 0) is 20.4 Å². The van der Waals surface area contributed by atoms with Gasteiger partial charge in [0.1, 0.15) is 18.1 Å². The van der Waals surface area contributed by atoms with Crippen molar-refractivity contribution in [1.29, 1.82) is 0 Å². The lowest BCUT2D eigenvalue weighted by Gasteiger charge is -2.25. The number of halogens is 5. The van der Waals surface area contributed by atoms with Crippen LogP contribution in [0.2, 0.25) is 0 Å². The molecule has 31 heavy (non-hydrogen) atoms. The van der Waals surface area contributed by atoms with Crippen molar-refractivity contribution in [1.82, 2.24) is 9.55 Å². The van der Waals surface area contributed by atoms with E-state index in [1.165, 1.54) is 0 Å². The van der Waals surface area contributed by atoms with E-state index in [9.17, 15) is 31.5 Å². The highest BCUT2D eigenvalue weighted by Crippen LogP contribution is 2.48. The first-order valence-electron chi connectivity index (χ1n) is 8.73. The van der Waals surface area contributed by atoms with Crippen LogP contribution >= 0.6 is 8.60 Å². The predicted molar refractivity (Wildman–Crippen MR) is 96.6 cm³/mol. The van der Waals surface area contributed by atoms with E-state index < -0.39 is 63.9 Å². The molecular formula is C17H16F5N2O6P. The summed E-state index contributed by atoms with van der Waals surface area (Å²) < 4.78 is 83.2. The van der Waals surface area contributed by atoms with E-state index in [4.69, 9.17) is 18.3 Å². The molecule has 0 aliphatic carbocycles. The average molecular weight is 470 g/mol. The second-order valence-electron chi connectivity index (χ2n) is 6.28. The lowest BCUT2D eigenvalue weighted by molar-refractivity contribution is -0.0995. The normalized spacial score (nSPS) is 24.0. The number of nitrogens with one attached hydrogen (secondary N) is 1. The summed E-state index contributed by atoms with van der Waals surface area (Å²) in [5, 5.41) is 0. The summed E-state index contributed by atoms with van der Waals surface area (Å²) in [6, 6.07) is 7.10. The fourth-order valence-corrected chi connectivity index (χ4v) is 3.85. The molecule has 2 aromatic rings. The number of rotatable bonds is 4. The molecule has 1 saturated heterocycles. The van der Waals surface area contributed by atoms with Crippen LogP contribution in [0.25, 0.3) is 0 Å². The SMILES string of the molecule is FCF.O=c1[nH]c(=O)n(C2CC(F)(F)C(COP3OCc4ccccc4O3)O2)cc1F. The van der Waals surface area contributed by atoms with E-state index in [2.05, 4.69) is 0 Å². The average Bonchev–Trinajstić information content (AvgIpc) is 3.03. The molecule has 0 bridgehead atoms. The molecular weight excluding hydrogens is 454 g/mol. The zero-order valence-corrected chi connectivity index (χ0v) is 16.5. The number of nitrogens with zero attached hydrogens (tertiary/aromatic N) is 1. The molecule has 2 aliphatic rings. The largest absolute Gasteiger partial charge is 0.426 e. The minimum atomic E-state index is -3.35. The van der Waals surface area contributed by atoms with Gasteiger partial charge in [-0.05, 0) is 6.07 Å². The topological polar surface area (TPSA) is 91.8 Å². The highest BCUT2D eigenvalue weighted by Gasteiger charge is 2.51. The Labute approximate surface area is 172 Å². The summed E-state index contributed by atoms with van der Waals surface area (Å²) >= 11 is 0. The van der Waals surface area contributed by atoms with Gasteiger partial charge in [-0.3, -0.25) is 23.4 Å². The van der Waals surface area contributed by atoms with Gasteiger partial charge in [0.05, 0.1) is 25.8 Å². The molecule has 1 fully saturated rings. The zero-order valence-electron chi connectivity index (χ0n) is 15.6. The van der Waals surface area contributed by atoms with E-state index in [1.807, 2.05) is 12.1 Å². The molecule has 4 rings (SSSR count). The van der Waals surface area contributed by atoms with E-state index >= 15 is 0 Å². The van der Waals surface area contributed by atoms with Gasteiger partial charge in [-0.15, -0.1) is 0 Å². The predicted octanol–water partition coefficient (Wildman–Crippen LogP) is 3.33. The smallest absolute Gasteiger partial charge is 0.397 e. The van der Waals surface area contributed by atoms with Crippen molar-refractivity contribution in [3.63, 3.8) is 0 Å². The lowest BCUT2D eigenvalue weighted by atomic mass is 10.2. The first-order chi connectivity index (χ1) is 14.7. The van der Waals surface area contributed by atoms with Crippen molar-refractivity contribution in [3.05, 3.63) is 62.7 Å². The molecule has 170 valence electrons. The van der Waals surface area contributed by atoms with Gasteiger partial charge < -0.3 is 9.26 Å². The summed E-state index contributed by atoms with van der Waals surface area (Å²) in [5.74, 6) is -4.08. The fraction of sp³-hybridized carbons (Fsp3) is 0.412. The second kappa shape index (κ2) is 9.86. The molecule has 0 amide bonds. The third-order valence-corrected chi connectivity index (χ3v) is 5.32. The molecule has 0 radical (unpaired) electrons. The standard InChI is InChI=1S/C16H14F3N2O6P.CH2F2/c17-10-6-21(15(23)20-14(10)22)13-5-16(18,19)12(26-13)8-25-28-24-7-9-3-1-2-4-11(9)27-28;2-1-3/h1-4,6,12-13H,5,7-8H2,(H,20,22,23);1H2. The number of ether oxygens (including phenoxy) is 1. The number of hydrogen-bond donors (Lipinski definition) is 1. The molecule has 1 aromatic carbocycles. The number of aromatic nitrogens is 2. The number of aromatic amines is 1. The van der Waals surface area contributed by atoms with Gasteiger partial charge in [-0.2, -0.15) is 4.39 Å². The summed E-state index contributed by atoms with van der Waals surface area (Å²) in [4.78, 5) is 24.6. The van der Waals surface area contributed by atoms with E-state index in [-0.39, 0.29) is 6.61 Å². The fourth-order valence-electron chi connectivity index (χ4n) is 2.83. The number of hydrogen-bond acceptors (Lipinski definition) is 6. The maximum Gasteiger partial charge on any atom is 0.397 e. The third kappa shape index (κ3) is 5.48. The van der Waals surface area contributed by atoms with Gasteiger partial charge >= 0.3 is 14.3 Å². The van der Waals surface area contributed by atoms with E-state index in [0.717, 1.165) is 5.56 Å². The zero-order chi connectivity index (χ0) is 22.6. The van der Waals surface area contributed by atoms with Crippen LogP contribution in [0.3, 0.4) is 0 Å². The lowest BCUT2D eigenvalue weighted by Crippen LogP contribution is -2.34.